The van der Waals surface area contributed by atoms with Crippen molar-refractivity contribution in [1.82, 2.24) is 20.3 Å². The minimum Gasteiger partial charge on any atom is -0.444 e. The molecule has 1 aliphatic carbocycles. The first-order chi connectivity index (χ1) is 16.1. The highest BCUT2D eigenvalue weighted by Crippen LogP contribution is 2.29. The number of pyridine rings is 1. The Morgan fingerprint density at radius 2 is 1.82 bits per heavy atom. The number of rotatable bonds is 4. The van der Waals surface area contributed by atoms with E-state index < -0.39 is 5.60 Å². The number of nitrogens with two attached hydrogens (primary N) is 1. The first-order valence-electron chi connectivity index (χ1n) is 11.5. The predicted octanol–water partition coefficient (Wildman–Crippen LogP) is 5.48. The maximum absolute atomic E-state index is 12.0. The molecule has 0 saturated heterocycles. The van der Waals surface area contributed by atoms with Crippen molar-refractivity contribution in [2.45, 2.75) is 71.1 Å². The molecule has 180 valence electrons. The van der Waals surface area contributed by atoms with Gasteiger partial charge in [-0.3, -0.25) is 0 Å². The van der Waals surface area contributed by atoms with Crippen molar-refractivity contribution in [1.29, 1.82) is 0 Å². The van der Waals surface area contributed by atoms with Crippen LogP contribution in [0.25, 0.3) is 22.3 Å². The Hall–Kier alpha value is -3.13. The van der Waals surface area contributed by atoms with Crippen molar-refractivity contribution >= 4 is 40.4 Å². The van der Waals surface area contributed by atoms with Gasteiger partial charge >= 0.3 is 6.09 Å². The second-order valence-electron chi connectivity index (χ2n) is 9.83. The molecule has 0 spiro atoms. The molecule has 3 aromatic rings. The van der Waals surface area contributed by atoms with Gasteiger partial charge in [-0.05, 0) is 77.1 Å². The summed E-state index contributed by atoms with van der Waals surface area (Å²) in [5, 5.41) is 6.92. The van der Waals surface area contributed by atoms with Crippen LogP contribution in [0.2, 0.25) is 5.02 Å². The quantitative estimate of drug-likeness (QED) is 0.421. The number of halogens is 1. The van der Waals surface area contributed by atoms with Crippen LogP contribution >= 0.6 is 11.6 Å². The molecule has 1 amide bonds. The third kappa shape index (κ3) is 5.86. The molecule has 0 unspecified atom stereocenters. The number of benzene rings is 1. The van der Waals surface area contributed by atoms with Gasteiger partial charge in [-0.15, -0.1) is 0 Å². The Balaban J connectivity index is 1.40. The van der Waals surface area contributed by atoms with E-state index in [2.05, 4.69) is 15.6 Å². The van der Waals surface area contributed by atoms with E-state index in [0.29, 0.717) is 16.7 Å². The van der Waals surface area contributed by atoms with Gasteiger partial charge in [-0.25, -0.2) is 19.7 Å². The van der Waals surface area contributed by atoms with E-state index >= 15 is 0 Å². The number of nitrogens with one attached hydrogen (secondary N) is 2. The van der Waals surface area contributed by atoms with Crippen LogP contribution in [-0.4, -0.2) is 38.7 Å². The molecule has 1 aromatic carbocycles. The number of carbonyl (C=O) groups excluding carboxylic acids is 1. The number of carbonyl (C=O) groups is 1. The van der Waals surface area contributed by atoms with Crippen LogP contribution in [0.15, 0.2) is 30.5 Å². The monoisotopic (exact) mass is 482 g/mol. The largest absolute Gasteiger partial charge is 0.444 e. The molecule has 4 rings (SSSR count). The SMILES string of the molecule is Cc1cc(-c2ccc(N)c(Cl)c2)nc2cnc(NC3CCC(NC(=O)OC(C)(C)C)CC3)nc12. The molecule has 0 radical (unpaired) electrons. The average Bonchev–Trinajstić information content (AvgIpc) is 2.76. The minimum absolute atomic E-state index is 0.122. The molecule has 2 aromatic heterocycles. The van der Waals surface area contributed by atoms with E-state index in [4.69, 9.17) is 32.0 Å². The molecule has 1 aliphatic rings. The molecule has 1 fully saturated rings. The van der Waals surface area contributed by atoms with Gasteiger partial charge < -0.3 is 21.1 Å². The van der Waals surface area contributed by atoms with Crippen molar-refractivity contribution in [2.75, 3.05) is 11.1 Å². The third-order valence-electron chi connectivity index (χ3n) is 5.81. The van der Waals surface area contributed by atoms with Crippen molar-refractivity contribution in [3.05, 3.63) is 41.0 Å². The van der Waals surface area contributed by atoms with Gasteiger partial charge in [0, 0.05) is 17.6 Å². The Labute approximate surface area is 204 Å². The zero-order chi connectivity index (χ0) is 24.5. The number of hydrogen-bond acceptors (Lipinski definition) is 7. The number of amides is 1. The van der Waals surface area contributed by atoms with Crippen molar-refractivity contribution in [3.8, 4) is 11.3 Å². The molecular formula is C25H31ClN6O2. The molecule has 0 bridgehead atoms. The molecule has 9 heteroatoms. The van der Waals surface area contributed by atoms with Gasteiger partial charge in [-0.2, -0.15) is 0 Å². The van der Waals surface area contributed by atoms with Gasteiger partial charge in [0.1, 0.15) is 11.1 Å². The first-order valence-corrected chi connectivity index (χ1v) is 11.9. The summed E-state index contributed by atoms with van der Waals surface area (Å²) in [5.41, 5.74) is 10.1. The van der Waals surface area contributed by atoms with Gasteiger partial charge in [0.2, 0.25) is 5.95 Å². The van der Waals surface area contributed by atoms with Crippen LogP contribution in [-0.2, 0) is 4.74 Å². The fraction of sp³-hybridized carbons (Fsp3) is 0.440. The fourth-order valence-electron chi connectivity index (χ4n) is 4.13. The fourth-order valence-corrected chi connectivity index (χ4v) is 4.31. The summed E-state index contributed by atoms with van der Waals surface area (Å²) in [4.78, 5) is 26.0. The summed E-state index contributed by atoms with van der Waals surface area (Å²) in [6.45, 7) is 7.60. The number of nitrogen functional groups attached to an aromatic ring is 1. The van der Waals surface area contributed by atoms with Crippen molar-refractivity contribution in [3.63, 3.8) is 0 Å². The normalized spacial score (nSPS) is 18.5. The zero-order valence-corrected chi connectivity index (χ0v) is 20.7. The number of anilines is 2. The Bertz CT molecular complexity index is 1200. The van der Waals surface area contributed by atoms with Crippen LogP contribution in [0.4, 0.5) is 16.4 Å². The smallest absolute Gasteiger partial charge is 0.407 e. The second-order valence-corrected chi connectivity index (χ2v) is 10.2. The van der Waals surface area contributed by atoms with E-state index in [9.17, 15) is 4.79 Å². The summed E-state index contributed by atoms with van der Waals surface area (Å²) in [6.07, 6.45) is 4.96. The number of nitrogens with zero attached hydrogens (tertiary/aromatic N) is 3. The molecule has 1 saturated carbocycles. The van der Waals surface area contributed by atoms with Crippen LogP contribution in [0, 0.1) is 6.92 Å². The highest BCUT2D eigenvalue weighted by molar-refractivity contribution is 6.33. The van der Waals surface area contributed by atoms with Crippen LogP contribution in [0.3, 0.4) is 0 Å². The second kappa shape index (κ2) is 9.62. The van der Waals surface area contributed by atoms with E-state index in [-0.39, 0.29) is 18.2 Å². The molecular weight excluding hydrogens is 452 g/mol. The third-order valence-corrected chi connectivity index (χ3v) is 6.14. The number of fused-ring (bicyclic) bond motifs is 1. The number of hydrogen-bond donors (Lipinski definition) is 3. The summed E-state index contributed by atoms with van der Waals surface area (Å²) in [5.74, 6) is 0.587. The lowest BCUT2D eigenvalue weighted by molar-refractivity contribution is 0.0492. The van der Waals surface area contributed by atoms with Gasteiger partial charge in [0.05, 0.1) is 28.1 Å². The van der Waals surface area contributed by atoms with Gasteiger partial charge in [0.15, 0.2) is 0 Å². The lowest BCUT2D eigenvalue weighted by Crippen LogP contribution is -2.42. The van der Waals surface area contributed by atoms with Crippen LogP contribution in [0.5, 0.6) is 0 Å². The Kier molecular flexibility index (Phi) is 6.79. The number of aryl methyl sites for hydroxylation is 1. The van der Waals surface area contributed by atoms with E-state index in [0.717, 1.165) is 53.5 Å². The summed E-state index contributed by atoms with van der Waals surface area (Å²) >= 11 is 6.18. The molecule has 8 nitrogen and oxygen atoms in total. The number of aromatic nitrogens is 3. The maximum atomic E-state index is 12.0. The minimum atomic E-state index is -0.494. The Morgan fingerprint density at radius 3 is 2.50 bits per heavy atom. The predicted molar refractivity (Wildman–Crippen MR) is 136 cm³/mol. The zero-order valence-electron chi connectivity index (χ0n) is 20.0. The molecule has 2 heterocycles. The van der Waals surface area contributed by atoms with Gasteiger partial charge in [-0.1, -0.05) is 17.7 Å². The summed E-state index contributed by atoms with van der Waals surface area (Å²) < 4.78 is 5.36. The van der Waals surface area contributed by atoms with Crippen molar-refractivity contribution in [2.24, 2.45) is 0 Å². The van der Waals surface area contributed by atoms with Crippen LogP contribution < -0.4 is 16.4 Å². The molecule has 34 heavy (non-hydrogen) atoms. The summed E-state index contributed by atoms with van der Waals surface area (Å²) in [7, 11) is 0. The maximum Gasteiger partial charge on any atom is 0.407 e. The highest BCUT2D eigenvalue weighted by Gasteiger charge is 2.25. The van der Waals surface area contributed by atoms with Gasteiger partial charge in [0.25, 0.3) is 0 Å². The highest BCUT2D eigenvalue weighted by atomic mass is 35.5. The molecule has 0 atom stereocenters. The molecule has 0 aliphatic heterocycles. The van der Waals surface area contributed by atoms with Crippen molar-refractivity contribution < 1.29 is 9.53 Å². The average molecular weight is 483 g/mol. The van der Waals surface area contributed by atoms with E-state index in [1.54, 1.807) is 12.3 Å². The lowest BCUT2D eigenvalue weighted by Gasteiger charge is -2.30. The standard InChI is InChI=1S/C25H31ClN6O2/c1-14-11-20(15-5-10-19(27)18(26)12-15)31-21-13-28-23(32-22(14)21)29-16-6-8-17(9-7-16)30-24(33)34-25(2,3)4/h5,10-13,16-17H,6-9,27H2,1-4H3,(H,30,33)(H,28,29,32). The topological polar surface area (TPSA) is 115 Å². The van der Waals surface area contributed by atoms with E-state index in [1.165, 1.54) is 0 Å². The first kappa shape index (κ1) is 24.0. The number of alkyl carbamates (subject to hydrolysis) is 1. The summed E-state index contributed by atoms with van der Waals surface area (Å²) in [6, 6.07) is 7.86. The molecule has 4 N–H and O–H groups in total. The number of ether oxygens (including phenoxy) is 1. The Morgan fingerprint density at radius 1 is 1.12 bits per heavy atom. The van der Waals surface area contributed by atoms with Crippen LogP contribution in [0.1, 0.15) is 52.0 Å². The van der Waals surface area contributed by atoms with E-state index in [1.807, 2.05) is 45.9 Å². The lowest BCUT2D eigenvalue weighted by atomic mass is 9.91.